The average molecular weight is 278 g/mol. The van der Waals surface area contributed by atoms with Crippen molar-refractivity contribution in [3.8, 4) is 0 Å². The number of piperazine rings is 1. The Balaban J connectivity index is 2.15. The van der Waals surface area contributed by atoms with E-state index in [1.807, 2.05) is 6.07 Å². The lowest BCUT2D eigenvalue weighted by molar-refractivity contribution is 0.193. The first kappa shape index (κ1) is 14.8. The fraction of sp³-hybridized carbons (Fsp3) is 0.533. The van der Waals surface area contributed by atoms with Gasteiger partial charge in [-0.1, -0.05) is 13.0 Å². The van der Waals surface area contributed by atoms with Gasteiger partial charge in [-0.3, -0.25) is 10.3 Å². The molecule has 1 aromatic rings. The first-order chi connectivity index (χ1) is 9.54. The molecule has 0 aliphatic carbocycles. The summed E-state index contributed by atoms with van der Waals surface area (Å²) in [6.45, 7) is 8.03. The quantitative estimate of drug-likeness (QED) is 0.654. The van der Waals surface area contributed by atoms with E-state index in [1.54, 1.807) is 6.07 Å². The number of benzene rings is 1. The third kappa shape index (κ3) is 2.93. The Labute approximate surface area is 119 Å². The molecule has 5 heteroatoms. The molecule has 0 spiro atoms. The fourth-order valence-corrected chi connectivity index (χ4v) is 2.70. The summed E-state index contributed by atoms with van der Waals surface area (Å²) in [6, 6.07) is 5.46. The Kier molecular flexibility index (Phi) is 4.60. The standard InChI is InChI=1S/C15H23FN4/c1-3-11(2)19-7-9-20(10-8-19)13-6-4-5-12(16)14(13)15(17)18/h4-6,11H,3,7-10H2,1-2H3,(H3,17,18). The second-order valence-corrected chi connectivity index (χ2v) is 5.33. The van der Waals surface area contributed by atoms with Gasteiger partial charge in [0, 0.05) is 32.2 Å². The molecule has 1 fully saturated rings. The largest absolute Gasteiger partial charge is 0.384 e. The number of anilines is 1. The van der Waals surface area contributed by atoms with E-state index in [-0.39, 0.29) is 11.4 Å². The van der Waals surface area contributed by atoms with Crippen molar-refractivity contribution in [3.05, 3.63) is 29.6 Å². The number of nitrogens with two attached hydrogens (primary N) is 1. The van der Waals surface area contributed by atoms with Crippen LogP contribution in [0.1, 0.15) is 25.8 Å². The Bertz CT molecular complexity index is 481. The van der Waals surface area contributed by atoms with Gasteiger partial charge in [0.2, 0.25) is 0 Å². The third-order valence-corrected chi connectivity index (χ3v) is 4.13. The first-order valence-corrected chi connectivity index (χ1v) is 7.16. The SMILES string of the molecule is CCC(C)N1CCN(c2cccc(F)c2C(=N)N)CC1. The maximum atomic E-state index is 13.9. The van der Waals surface area contributed by atoms with E-state index in [0.29, 0.717) is 6.04 Å². The zero-order valence-electron chi connectivity index (χ0n) is 12.2. The van der Waals surface area contributed by atoms with Crippen LogP contribution in [0.15, 0.2) is 18.2 Å². The molecule has 1 aliphatic rings. The molecule has 1 saturated heterocycles. The number of hydrogen-bond donors (Lipinski definition) is 2. The van der Waals surface area contributed by atoms with Crippen molar-refractivity contribution in [2.45, 2.75) is 26.3 Å². The molecule has 1 atom stereocenters. The smallest absolute Gasteiger partial charge is 0.136 e. The van der Waals surface area contributed by atoms with E-state index in [4.69, 9.17) is 11.1 Å². The van der Waals surface area contributed by atoms with Crippen LogP contribution >= 0.6 is 0 Å². The number of nitrogens with zero attached hydrogens (tertiary/aromatic N) is 2. The molecule has 2 rings (SSSR count). The van der Waals surface area contributed by atoms with Crippen LogP contribution in [0.3, 0.4) is 0 Å². The molecule has 0 radical (unpaired) electrons. The van der Waals surface area contributed by atoms with Gasteiger partial charge < -0.3 is 10.6 Å². The molecule has 0 amide bonds. The summed E-state index contributed by atoms with van der Waals surface area (Å²) in [5.74, 6) is -0.623. The summed E-state index contributed by atoms with van der Waals surface area (Å²) < 4.78 is 13.9. The highest BCUT2D eigenvalue weighted by atomic mass is 19.1. The highest BCUT2D eigenvalue weighted by molar-refractivity contribution is 6.00. The lowest BCUT2D eigenvalue weighted by Gasteiger charge is -2.39. The maximum Gasteiger partial charge on any atom is 0.136 e. The Morgan fingerprint density at radius 1 is 1.35 bits per heavy atom. The van der Waals surface area contributed by atoms with Gasteiger partial charge in [0.1, 0.15) is 11.7 Å². The molecule has 1 aromatic carbocycles. The number of rotatable bonds is 4. The molecule has 20 heavy (non-hydrogen) atoms. The van der Waals surface area contributed by atoms with Gasteiger partial charge in [-0.05, 0) is 25.5 Å². The van der Waals surface area contributed by atoms with Gasteiger partial charge in [0.25, 0.3) is 0 Å². The Morgan fingerprint density at radius 2 is 2.00 bits per heavy atom. The van der Waals surface area contributed by atoms with E-state index < -0.39 is 5.82 Å². The molecule has 1 aliphatic heterocycles. The van der Waals surface area contributed by atoms with Gasteiger partial charge in [0.15, 0.2) is 0 Å². The lowest BCUT2D eigenvalue weighted by Crippen LogP contribution is -2.50. The highest BCUT2D eigenvalue weighted by Crippen LogP contribution is 2.24. The Morgan fingerprint density at radius 3 is 2.55 bits per heavy atom. The van der Waals surface area contributed by atoms with E-state index in [2.05, 4.69) is 23.6 Å². The van der Waals surface area contributed by atoms with Crippen LogP contribution in [0.25, 0.3) is 0 Å². The third-order valence-electron chi connectivity index (χ3n) is 4.13. The van der Waals surface area contributed by atoms with Crippen molar-refractivity contribution in [1.29, 1.82) is 5.41 Å². The van der Waals surface area contributed by atoms with Crippen molar-refractivity contribution in [2.24, 2.45) is 5.73 Å². The minimum atomic E-state index is -0.417. The fourth-order valence-electron chi connectivity index (χ4n) is 2.70. The van der Waals surface area contributed by atoms with Crippen molar-refractivity contribution in [2.75, 3.05) is 31.1 Å². The van der Waals surface area contributed by atoms with Gasteiger partial charge in [-0.25, -0.2) is 4.39 Å². The van der Waals surface area contributed by atoms with Crippen molar-refractivity contribution in [3.63, 3.8) is 0 Å². The van der Waals surface area contributed by atoms with Crippen molar-refractivity contribution in [1.82, 2.24) is 4.90 Å². The highest BCUT2D eigenvalue weighted by Gasteiger charge is 2.23. The Hall–Kier alpha value is -1.62. The average Bonchev–Trinajstić information content (AvgIpc) is 2.46. The van der Waals surface area contributed by atoms with Crippen LogP contribution in [0.5, 0.6) is 0 Å². The monoisotopic (exact) mass is 278 g/mol. The first-order valence-electron chi connectivity index (χ1n) is 7.16. The molecule has 1 unspecified atom stereocenters. The zero-order chi connectivity index (χ0) is 14.7. The van der Waals surface area contributed by atoms with Crippen LogP contribution in [-0.4, -0.2) is 43.0 Å². The number of nitrogens with one attached hydrogen (secondary N) is 1. The predicted octanol–water partition coefficient (Wildman–Crippen LogP) is 2.03. The molecule has 110 valence electrons. The zero-order valence-corrected chi connectivity index (χ0v) is 12.2. The van der Waals surface area contributed by atoms with Crippen LogP contribution in [0, 0.1) is 11.2 Å². The molecule has 1 heterocycles. The summed E-state index contributed by atoms with van der Waals surface area (Å²) in [6.07, 6.45) is 1.14. The molecule has 0 bridgehead atoms. The predicted molar refractivity (Wildman–Crippen MR) is 81.0 cm³/mol. The molecule has 0 aromatic heterocycles. The normalized spacial score (nSPS) is 18.1. The number of hydrogen-bond acceptors (Lipinski definition) is 3. The van der Waals surface area contributed by atoms with E-state index >= 15 is 0 Å². The van der Waals surface area contributed by atoms with Crippen LogP contribution < -0.4 is 10.6 Å². The molecular weight excluding hydrogens is 255 g/mol. The second-order valence-electron chi connectivity index (χ2n) is 5.33. The maximum absolute atomic E-state index is 13.9. The summed E-state index contributed by atoms with van der Waals surface area (Å²) in [7, 11) is 0. The molecule has 3 N–H and O–H groups in total. The minimum Gasteiger partial charge on any atom is -0.384 e. The summed E-state index contributed by atoms with van der Waals surface area (Å²) in [4.78, 5) is 4.57. The number of halogens is 1. The van der Waals surface area contributed by atoms with Crippen LogP contribution in [-0.2, 0) is 0 Å². The van der Waals surface area contributed by atoms with Crippen LogP contribution in [0.4, 0.5) is 10.1 Å². The van der Waals surface area contributed by atoms with Gasteiger partial charge >= 0.3 is 0 Å². The molecular formula is C15H23FN4. The van der Waals surface area contributed by atoms with E-state index in [9.17, 15) is 4.39 Å². The van der Waals surface area contributed by atoms with Crippen molar-refractivity contribution >= 4 is 11.5 Å². The lowest BCUT2D eigenvalue weighted by atomic mass is 10.1. The molecule has 4 nitrogen and oxygen atoms in total. The topological polar surface area (TPSA) is 56.4 Å². The minimum absolute atomic E-state index is 0.206. The number of nitrogen functional groups attached to an aromatic ring is 1. The van der Waals surface area contributed by atoms with Gasteiger partial charge in [-0.2, -0.15) is 0 Å². The van der Waals surface area contributed by atoms with Crippen LogP contribution in [0.2, 0.25) is 0 Å². The summed E-state index contributed by atoms with van der Waals surface area (Å²) in [5, 5.41) is 7.57. The van der Waals surface area contributed by atoms with Crippen molar-refractivity contribution < 1.29 is 4.39 Å². The summed E-state index contributed by atoms with van der Waals surface area (Å²) >= 11 is 0. The molecule has 0 saturated carbocycles. The van der Waals surface area contributed by atoms with E-state index in [1.165, 1.54) is 6.07 Å². The second kappa shape index (κ2) is 6.22. The number of amidine groups is 1. The van der Waals surface area contributed by atoms with E-state index in [0.717, 1.165) is 38.3 Å². The van der Waals surface area contributed by atoms with Gasteiger partial charge in [-0.15, -0.1) is 0 Å². The van der Waals surface area contributed by atoms with Gasteiger partial charge in [0.05, 0.1) is 11.3 Å². The summed E-state index contributed by atoms with van der Waals surface area (Å²) in [5.41, 5.74) is 6.49.